The number of nitrogens with one attached hydrogen (secondary N) is 1. The molecule has 1 saturated heterocycles. The number of aromatic nitrogens is 2. The van der Waals surface area contributed by atoms with Crippen molar-refractivity contribution >= 4 is 34.8 Å². The molecule has 1 aromatic heterocycles. The number of amides is 1. The van der Waals surface area contributed by atoms with E-state index in [1.54, 1.807) is 25.3 Å². The van der Waals surface area contributed by atoms with Crippen LogP contribution in [0.2, 0.25) is 10.0 Å². The summed E-state index contributed by atoms with van der Waals surface area (Å²) in [5.74, 6) is 1.86. The minimum atomic E-state index is -0.0847. The lowest BCUT2D eigenvalue weighted by Gasteiger charge is -2.33. The molecule has 0 aliphatic carbocycles. The van der Waals surface area contributed by atoms with Gasteiger partial charge in [-0.2, -0.15) is 4.98 Å². The summed E-state index contributed by atoms with van der Waals surface area (Å²) in [7, 11) is 1.63. The molecule has 1 fully saturated rings. The fourth-order valence-corrected chi connectivity index (χ4v) is 3.94. The molecule has 8 nitrogen and oxygen atoms in total. The first-order valence-electron chi connectivity index (χ1n) is 10.7. The van der Waals surface area contributed by atoms with Gasteiger partial charge in [0.25, 0.3) is 0 Å². The number of ether oxygens (including phenoxy) is 1. The lowest BCUT2D eigenvalue weighted by Crippen LogP contribution is -2.46. The number of hydrogen-bond donors (Lipinski definition) is 1. The van der Waals surface area contributed by atoms with Gasteiger partial charge in [-0.3, -0.25) is 9.69 Å². The quantitative estimate of drug-likeness (QED) is 0.507. The van der Waals surface area contributed by atoms with Crippen molar-refractivity contribution < 1.29 is 14.1 Å². The SMILES string of the molecule is COc1ccc(-c2noc(CN3CCN(CCC(=O)Nc4cc(Cl)ccc4Cl)CC3)n2)cc1. The third-order valence-electron chi connectivity index (χ3n) is 5.50. The Morgan fingerprint density at radius 2 is 1.82 bits per heavy atom. The molecule has 4 rings (SSSR count). The van der Waals surface area contributed by atoms with Crippen LogP contribution in [0.15, 0.2) is 47.0 Å². The van der Waals surface area contributed by atoms with Crippen molar-refractivity contribution in [3.8, 4) is 17.1 Å². The smallest absolute Gasteiger partial charge is 0.241 e. The highest BCUT2D eigenvalue weighted by Crippen LogP contribution is 2.25. The van der Waals surface area contributed by atoms with Crippen LogP contribution in [0.4, 0.5) is 5.69 Å². The minimum absolute atomic E-state index is 0.0847. The number of hydrogen-bond acceptors (Lipinski definition) is 7. The molecule has 33 heavy (non-hydrogen) atoms. The van der Waals surface area contributed by atoms with Crippen molar-refractivity contribution in [1.29, 1.82) is 0 Å². The van der Waals surface area contributed by atoms with E-state index in [9.17, 15) is 4.79 Å². The molecule has 1 aliphatic heterocycles. The maximum atomic E-state index is 12.3. The summed E-state index contributed by atoms with van der Waals surface area (Å²) in [4.78, 5) is 21.4. The van der Waals surface area contributed by atoms with E-state index in [0.29, 0.717) is 47.0 Å². The number of carbonyl (C=O) groups is 1. The number of carbonyl (C=O) groups excluding carboxylic acids is 1. The van der Waals surface area contributed by atoms with E-state index in [1.165, 1.54) is 0 Å². The topological polar surface area (TPSA) is 83.7 Å². The van der Waals surface area contributed by atoms with Crippen molar-refractivity contribution in [3.05, 3.63) is 58.4 Å². The highest BCUT2D eigenvalue weighted by atomic mass is 35.5. The van der Waals surface area contributed by atoms with Gasteiger partial charge in [0.2, 0.25) is 17.6 Å². The Morgan fingerprint density at radius 1 is 1.09 bits per heavy atom. The first kappa shape index (κ1) is 23.5. The molecular weight excluding hydrogens is 465 g/mol. The molecule has 3 aromatic rings. The van der Waals surface area contributed by atoms with Gasteiger partial charge in [0, 0.05) is 49.7 Å². The van der Waals surface area contributed by atoms with Crippen molar-refractivity contribution in [2.75, 3.05) is 45.2 Å². The van der Waals surface area contributed by atoms with Crippen LogP contribution in [-0.4, -0.2) is 65.7 Å². The van der Waals surface area contributed by atoms with Crippen LogP contribution in [0.5, 0.6) is 5.75 Å². The van der Waals surface area contributed by atoms with Crippen molar-refractivity contribution in [1.82, 2.24) is 19.9 Å². The van der Waals surface area contributed by atoms with Gasteiger partial charge in [0.05, 0.1) is 24.4 Å². The predicted molar refractivity (Wildman–Crippen MR) is 128 cm³/mol. The molecule has 0 spiro atoms. The molecule has 0 unspecified atom stereocenters. The van der Waals surface area contributed by atoms with Crippen LogP contribution in [0, 0.1) is 0 Å². The van der Waals surface area contributed by atoms with Gasteiger partial charge >= 0.3 is 0 Å². The number of piperazine rings is 1. The van der Waals surface area contributed by atoms with Gasteiger partial charge in [-0.05, 0) is 42.5 Å². The highest BCUT2D eigenvalue weighted by molar-refractivity contribution is 6.35. The first-order chi connectivity index (χ1) is 16.0. The normalized spacial score (nSPS) is 14.9. The zero-order chi connectivity index (χ0) is 23.2. The fourth-order valence-electron chi connectivity index (χ4n) is 3.60. The average Bonchev–Trinajstić information content (AvgIpc) is 3.29. The standard InChI is InChI=1S/C23H25Cl2N5O3/c1-32-18-5-2-16(3-6-18)23-27-22(33-28-23)15-30-12-10-29(11-13-30)9-8-21(31)26-20-14-17(24)4-7-19(20)25/h2-7,14H,8-13,15H2,1H3,(H,26,31). The van der Waals surface area contributed by atoms with Crippen LogP contribution in [-0.2, 0) is 11.3 Å². The van der Waals surface area contributed by atoms with E-state index in [-0.39, 0.29) is 5.91 Å². The van der Waals surface area contributed by atoms with Gasteiger partial charge in [-0.15, -0.1) is 0 Å². The Hall–Kier alpha value is -2.65. The maximum absolute atomic E-state index is 12.3. The molecule has 0 radical (unpaired) electrons. The predicted octanol–water partition coefficient (Wildman–Crippen LogP) is 4.20. The third kappa shape index (κ3) is 6.45. The Kier molecular flexibility index (Phi) is 7.82. The zero-order valence-electron chi connectivity index (χ0n) is 18.3. The van der Waals surface area contributed by atoms with E-state index in [1.807, 2.05) is 24.3 Å². The molecule has 10 heteroatoms. The van der Waals surface area contributed by atoms with Gasteiger partial charge in [-0.25, -0.2) is 0 Å². The van der Waals surface area contributed by atoms with E-state index < -0.39 is 0 Å². The summed E-state index contributed by atoms with van der Waals surface area (Å²) in [5.41, 5.74) is 1.42. The maximum Gasteiger partial charge on any atom is 0.241 e. The molecule has 1 amide bonds. The summed E-state index contributed by atoms with van der Waals surface area (Å²) < 4.78 is 10.6. The molecule has 0 atom stereocenters. The van der Waals surface area contributed by atoms with Gasteiger partial charge in [0.15, 0.2) is 0 Å². The summed E-state index contributed by atoms with van der Waals surface area (Å²) in [6.45, 7) is 4.74. The number of methoxy groups -OCH3 is 1. The van der Waals surface area contributed by atoms with E-state index in [4.69, 9.17) is 32.5 Å². The zero-order valence-corrected chi connectivity index (χ0v) is 19.8. The van der Waals surface area contributed by atoms with E-state index >= 15 is 0 Å². The molecular formula is C23H25Cl2N5O3. The molecule has 174 valence electrons. The molecule has 0 saturated carbocycles. The molecule has 1 N–H and O–H groups in total. The van der Waals surface area contributed by atoms with E-state index in [2.05, 4.69) is 25.3 Å². The summed E-state index contributed by atoms with van der Waals surface area (Å²) >= 11 is 12.1. The third-order valence-corrected chi connectivity index (χ3v) is 6.06. The van der Waals surface area contributed by atoms with Gasteiger partial charge in [0.1, 0.15) is 5.75 Å². The molecule has 1 aliphatic rings. The van der Waals surface area contributed by atoms with Crippen LogP contribution >= 0.6 is 23.2 Å². The van der Waals surface area contributed by atoms with Crippen molar-refractivity contribution in [3.63, 3.8) is 0 Å². The average molecular weight is 490 g/mol. The second kappa shape index (κ2) is 11.0. The number of anilines is 1. The Balaban J connectivity index is 1.20. The number of halogens is 2. The summed E-state index contributed by atoms with van der Waals surface area (Å²) in [6.07, 6.45) is 0.387. The lowest BCUT2D eigenvalue weighted by atomic mass is 10.2. The lowest BCUT2D eigenvalue weighted by molar-refractivity contribution is -0.116. The van der Waals surface area contributed by atoms with Crippen molar-refractivity contribution in [2.24, 2.45) is 0 Å². The Labute approximate surface area is 202 Å². The molecule has 2 aromatic carbocycles. The second-order valence-electron chi connectivity index (χ2n) is 7.78. The van der Waals surface area contributed by atoms with Crippen LogP contribution in [0.25, 0.3) is 11.4 Å². The summed E-state index contributed by atoms with van der Waals surface area (Å²) in [6, 6.07) is 12.6. The monoisotopic (exact) mass is 489 g/mol. The highest BCUT2D eigenvalue weighted by Gasteiger charge is 2.20. The van der Waals surface area contributed by atoms with Crippen LogP contribution in [0.3, 0.4) is 0 Å². The van der Waals surface area contributed by atoms with Gasteiger partial charge in [-0.1, -0.05) is 28.4 Å². The molecule has 0 bridgehead atoms. The number of nitrogens with zero attached hydrogens (tertiary/aromatic N) is 4. The van der Waals surface area contributed by atoms with Gasteiger partial charge < -0.3 is 19.5 Å². The molecule has 2 heterocycles. The summed E-state index contributed by atoms with van der Waals surface area (Å²) in [5, 5.41) is 7.92. The largest absolute Gasteiger partial charge is 0.497 e. The van der Waals surface area contributed by atoms with Crippen LogP contribution < -0.4 is 10.1 Å². The second-order valence-corrected chi connectivity index (χ2v) is 8.62. The van der Waals surface area contributed by atoms with E-state index in [0.717, 1.165) is 37.5 Å². The first-order valence-corrected chi connectivity index (χ1v) is 11.4. The Bertz CT molecular complexity index is 1080. The number of benzene rings is 2. The minimum Gasteiger partial charge on any atom is -0.497 e. The number of rotatable bonds is 8. The van der Waals surface area contributed by atoms with Crippen LogP contribution in [0.1, 0.15) is 12.3 Å². The van der Waals surface area contributed by atoms with Crippen molar-refractivity contribution in [2.45, 2.75) is 13.0 Å². The Morgan fingerprint density at radius 3 is 2.55 bits per heavy atom. The fraction of sp³-hybridized carbons (Fsp3) is 0.348.